The second-order valence-corrected chi connectivity index (χ2v) is 3.66. The Kier molecular flexibility index (Phi) is 3.36. The van der Waals surface area contributed by atoms with Gasteiger partial charge in [-0.1, -0.05) is 6.07 Å². The van der Waals surface area contributed by atoms with Crippen molar-refractivity contribution >= 4 is 12.6 Å². The van der Waals surface area contributed by atoms with E-state index in [-0.39, 0.29) is 11.0 Å². The zero-order valence-corrected chi connectivity index (χ0v) is 9.02. The fraction of sp³-hybridized carbons (Fsp3) is 0.0909. The molecule has 0 amide bonds. The molecule has 86 valence electrons. The molecule has 0 aliphatic heterocycles. The lowest BCUT2D eigenvalue weighted by molar-refractivity contribution is 0.425. The van der Waals surface area contributed by atoms with Gasteiger partial charge in [-0.2, -0.15) is 0 Å². The van der Waals surface area contributed by atoms with Crippen LogP contribution in [0.25, 0.3) is 0 Å². The van der Waals surface area contributed by atoms with Gasteiger partial charge in [-0.3, -0.25) is 9.78 Å². The van der Waals surface area contributed by atoms with Crippen molar-refractivity contribution in [3.05, 3.63) is 58.8 Å². The van der Waals surface area contributed by atoms with Crippen LogP contribution in [-0.2, 0) is 6.54 Å². The van der Waals surface area contributed by atoms with E-state index < -0.39 is 7.12 Å². The van der Waals surface area contributed by atoms with E-state index in [1.165, 1.54) is 22.9 Å². The van der Waals surface area contributed by atoms with Crippen LogP contribution in [-0.4, -0.2) is 26.7 Å². The Morgan fingerprint density at radius 1 is 1.35 bits per heavy atom. The van der Waals surface area contributed by atoms with Crippen molar-refractivity contribution < 1.29 is 10.0 Å². The summed E-state index contributed by atoms with van der Waals surface area (Å²) in [6.07, 6.45) is 4.88. The Hall–Kier alpha value is -1.92. The van der Waals surface area contributed by atoms with Gasteiger partial charge in [0, 0.05) is 24.7 Å². The minimum atomic E-state index is -1.62. The first-order chi connectivity index (χ1) is 8.16. The van der Waals surface area contributed by atoms with Crippen LogP contribution in [0.5, 0.6) is 0 Å². The minimum Gasteiger partial charge on any atom is -0.423 e. The van der Waals surface area contributed by atoms with Crippen LogP contribution < -0.4 is 11.0 Å². The first kappa shape index (κ1) is 11.6. The summed E-state index contributed by atoms with van der Waals surface area (Å²) in [4.78, 5) is 15.6. The van der Waals surface area contributed by atoms with Gasteiger partial charge in [0.2, 0.25) is 5.56 Å². The molecule has 0 radical (unpaired) electrons. The van der Waals surface area contributed by atoms with Crippen molar-refractivity contribution in [2.24, 2.45) is 0 Å². The van der Waals surface area contributed by atoms with Crippen LogP contribution in [0.4, 0.5) is 0 Å². The molecule has 2 aromatic heterocycles. The molecule has 5 nitrogen and oxygen atoms in total. The molecule has 6 heteroatoms. The summed E-state index contributed by atoms with van der Waals surface area (Å²) >= 11 is 0. The maximum absolute atomic E-state index is 11.7. The first-order valence-electron chi connectivity index (χ1n) is 5.12. The van der Waals surface area contributed by atoms with Crippen molar-refractivity contribution in [3.63, 3.8) is 0 Å². The van der Waals surface area contributed by atoms with Gasteiger partial charge in [0.15, 0.2) is 0 Å². The maximum atomic E-state index is 11.7. The summed E-state index contributed by atoms with van der Waals surface area (Å²) in [5.41, 5.74) is 0.823. The number of hydrogen-bond donors (Lipinski definition) is 2. The molecule has 0 saturated heterocycles. The van der Waals surface area contributed by atoms with E-state index >= 15 is 0 Å². The van der Waals surface area contributed by atoms with E-state index in [1.54, 1.807) is 18.5 Å². The zero-order chi connectivity index (χ0) is 12.3. The highest BCUT2D eigenvalue weighted by molar-refractivity contribution is 6.58. The molecule has 2 N–H and O–H groups in total. The third kappa shape index (κ3) is 2.80. The van der Waals surface area contributed by atoms with E-state index in [9.17, 15) is 4.79 Å². The summed E-state index contributed by atoms with van der Waals surface area (Å²) in [7, 11) is -1.62. The smallest absolute Gasteiger partial charge is 0.423 e. The van der Waals surface area contributed by atoms with Gasteiger partial charge in [-0.15, -0.1) is 0 Å². The van der Waals surface area contributed by atoms with Gasteiger partial charge in [0.05, 0.1) is 6.54 Å². The SMILES string of the molecule is O=c1cc(B(O)O)ccn1Cc1cccnc1. The van der Waals surface area contributed by atoms with Crippen molar-refractivity contribution in [2.45, 2.75) is 6.54 Å². The molecule has 0 unspecified atom stereocenters. The molecule has 0 spiro atoms. The van der Waals surface area contributed by atoms with E-state index in [2.05, 4.69) is 4.98 Å². The van der Waals surface area contributed by atoms with E-state index in [4.69, 9.17) is 10.0 Å². The Labute approximate surface area is 98.1 Å². The van der Waals surface area contributed by atoms with Crippen LogP contribution in [0, 0.1) is 0 Å². The van der Waals surface area contributed by atoms with Gasteiger partial charge >= 0.3 is 7.12 Å². The molecule has 2 aromatic rings. The third-order valence-electron chi connectivity index (χ3n) is 2.39. The lowest BCUT2D eigenvalue weighted by Crippen LogP contribution is -2.35. The van der Waals surface area contributed by atoms with Crippen molar-refractivity contribution in [1.82, 2.24) is 9.55 Å². The molecule has 0 aliphatic carbocycles. The number of hydrogen-bond acceptors (Lipinski definition) is 4. The predicted octanol–water partition coefficient (Wildman–Crippen LogP) is -1.03. The zero-order valence-electron chi connectivity index (χ0n) is 9.02. The monoisotopic (exact) mass is 230 g/mol. The van der Waals surface area contributed by atoms with Crippen LogP contribution in [0.1, 0.15) is 5.56 Å². The van der Waals surface area contributed by atoms with Gasteiger partial charge in [0.1, 0.15) is 0 Å². The highest BCUT2D eigenvalue weighted by Crippen LogP contribution is 1.97. The second-order valence-electron chi connectivity index (χ2n) is 3.66. The number of rotatable bonds is 3. The van der Waals surface area contributed by atoms with Crippen molar-refractivity contribution in [2.75, 3.05) is 0 Å². The van der Waals surface area contributed by atoms with Gasteiger partial charge in [-0.25, -0.2) is 0 Å². The van der Waals surface area contributed by atoms with Crippen LogP contribution in [0.15, 0.2) is 47.7 Å². The van der Waals surface area contributed by atoms with E-state index in [1.807, 2.05) is 6.07 Å². The Balaban J connectivity index is 2.26. The molecule has 0 saturated carbocycles. The summed E-state index contributed by atoms with van der Waals surface area (Å²) in [6.45, 7) is 0.411. The lowest BCUT2D eigenvalue weighted by atomic mass is 9.81. The fourth-order valence-electron chi connectivity index (χ4n) is 1.50. The third-order valence-corrected chi connectivity index (χ3v) is 2.39. The molecule has 0 atom stereocenters. The second kappa shape index (κ2) is 4.94. The molecule has 0 fully saturated rings. The normalized spacial score (nSPS) is 10.2. The molecule has 2 heterocycles. The topological polar surface area (TPSA) is 75.3 Å². The lowest BCUT2D eigenvalue weighted by Gasteiger charge is -2.06. The summed E-state index contributed by atoms with van der Waals surface area (Å²) in [5.74, 6) is 0. The molecule has 17 heavy (non-hydrogen) atoms. The standard InChI is InChI=1S/C11H11BN2O3/c15-11-6-10(12(16)17)3-5-14(11)8-9-2-1-4-13-7-9/h1-7,16-17H,8H2. The Morgan fingerprint density at radius 2 is 2.18 bits per heavy atom. The molecule has 0 aromatic carbocycles. The molecule has 0 aliphatic rings. The van der Waals surface area contributed by atoms with Crippen molar-refractivity contribution in [3.8, 4) is 0 Å². The van der Waals surface area contributed by atoms with Gasteiger partial charge < -0.3 is 14.6 Å². The number of aromatic nitrogens is 2. The van der Waals surface area contributed by atoms with Crippen molar-refractivity contribution in [1.29, 1.82) is 0 Å². The van der Waals surface area contributed by atoms with Crippen LogP contribution in [0.2, 0.25) is 0 Å². The molecular formula is C11H11BN2O3. The first-order valence-corrected chi connectivity index (χ1v) is 5.12. The van der Waals surface area contributed by atoms with E-state index in [0.29, 0.717) is 6.54 Å². The molecule has 2 rings (SSSR count). The average Bonchev–Trinajstić information content (AvgIpc) is 2.33. The highest BCUT2D eigenvalue weighted by atomic mass is 16.4. The van der Waals surface area contributed by atoms with Crippen LogP contribution in [0.3, 0.4) is 0 Å². The Morgan fingerprint density at radius 3 is 2.76 bits per heavy atom. The van der Waals surface area contributed by atoms with Gasteiger partial charge in [0.25, 0.3) is 0 Å². The highest BCUT2D eigenvalue weighted by Gasteiger charge is 2.11. The molecular weight excluding hydrogens is 219 g/mol. The summed E-state index contributed by atoms with van der Waals surface area (Å²) < 4.78 is 1.48. The largest absolute Gasteiger partial charge is 0.488 e. The fourth-order valence-corrected chi connectivity index (χ4v) is 1.50. The Bertz CT molecular complexity index is 554. The quantitative estimate of drug-likeness (QED) is 0.661. The van der Waals surface area contributed by atoms with Gasteiger partial charge in [-0.05, 0) is 23.2 Å². The summed E-state index contributed by atoms with van der Waals surface area (Å²) in [5, 5.41) is 17.9. The minimum absolute atomic E-state index is 0.192. The van der Waals surface area contributed by atoms with Crippen LogP contribution >= 0.6 is 0 Å². The number of nitrogens with zero attached hydrogens (tertiary/aromatic N) is 2. The average molecular weight is 230 g/mol. The molecule has 0 bridgehead atoms. The maximum Gasteiger partial charge on any atom is 0.488 e. The van der Waals surface area contributed by atoms with E-state index in [0.717, 1.165) is 5.56 Å². The predicted molar refractivity (Wildman–Crippen MR) is 63.9 cm³/mol. The summed E-state index contributed by atoms with van der Waals surface area (Å²) in [6, 6.07) is 6.38. The number of pyridine rings is 2.